The van der Waals surface area contributed by atoms with Gasteiger partial charge in [-0.3, -0.25) is 4.79 Å². The van der Waals surface area contributed by atoms with E-state index >= 15 is 0 Å². The standard InChI is InChI=1S/C27H45N5O4/c1-2-3-4-5-6-7-8-9-10-11-12-13-14-15-16-17-25(34)35-20-23(19-33)36-22-32-21-30-26-24(32)18-29-27(28)31-26/h9-10,18,21,23,33H,2-8,11-17,19-20,22H2,1H3,(H2,28,29,31)/b10-9-. The molecule has 9 heteroatoms. The van der Waals surface area contributed by atoms with E-state index in [9.17, 15) is 9.90 Å². The van der Waals surface area contributed by atoms with Crippen LogP contribution in [0.1, 0.15) is 96.8 Å². The molecule has 0 radical (unpaired) electrons. The Morgan fingerprint density at radius 3 is 2.39 bits per heavy atom. The van der Waals surface area contributed by atoms with Crippen molar-refractivity contribution >= 4 is 23.1 Å². The molecule has 36 heavy (non-hydrogen) atoms. The van der Waals surface area contributed by atoms with Crippen LogP contribution < -0.4 is 5.73 Å². The van der Waals surface area contributed by atoms with Crippen LogP contribution >= 0.6 is 0 Å². The number of aliphatic hydroxyl groups is 1. The van der Waals surface area contributed by atoms with Crippen molar-refractivity contribution in [2.75, 3.05) is 18.9 Å². The van der Waals surface area contributed by atoms with Crippen LogP contribution in [0.5, 0.6) is 0 Å². The summed E-state index contributed by atoms with van der Waals surface area (Å²) in [5.41, 5.74) is 6.70. The number of aliphatic hydroxyl groups excluding tert-OH is 1. The first kappa shape index (κ1) is 29.7. The number of unbranched alkanes of at least 4 members (excludes halogenated alkanes) is 11. The van der Waals surface area contributed by atoms with E-state index in [-0.39, 0.29) is 31.9 Å². The summed E-state index contributed by atoms with van der Waals surface area (Å²) in [6.45, 7) is 2.14. The fraction of sp³-hybridized carbons (Fsp3) is 0.704. The number of esters is 1. The molecule has 0 aliphatic carbocycles. The van der Waals surface area contributed by atoms with Gasteiger partial charge in [0.25, 0.3) is 0 Å². The molecular formula is C27H45N5O4. The fourth-order valence-corrected chi connectivity index (χ4v) is 3.90. The molecule has 0 saturated carbocycles. The first-order valence-corrected chi connectivity index (χ1v) is 13.6. The molecule has 2 rings (SSSR count). The van der Waals surface area contributed by atoms with Crippen LogP contribution in [0.3, 0.4) is 0 Å². The Morgan fingerprint density at radius 2 is 1.69 bits per heavy atom. The van der Waals surface area contributed by atoms with Gasteiger partial charge in [-0.25, -0.2) is 9.97 Å². The number of nitrogens with two attached hydrogens (primary N) is 1. The number of nitrogen functional groups attached to an aromatic ring is 1. The monoisotopic (exact) mass is 503 g/mol. The number of hydrogen-bond acceptors (Lipinski definition) is 8. The molecule has 0 aliphatic heterocycles. The number of imidazole rings is 1. The van der Waals surface area contributed by atoms with Crippen molar-refractivity contribution in [3.05, 3.63) is 24.7 Å². The number of rotatable bonds is 21. The number of fused-ring (bicyclic) bond motifs is 1. The number of ether oxygens (including phenoxy) is 2. The molecule has 0 fully saturated rings. The quantitative estimate of drug-likeness (QED) is 0.133. The molecule has 2 aromatic rings. The lowest BCUT2D eigenvalue weighted by Gasteiger charge is -2.16. The van der Waals surface area contributed by atoms with Crippen LogP contribution in [-0.4, -0.2) is 49.9 Å². The highest BCUT2D eigenvalue weighted by atomic mass is 16.6. The van der Waals surface area contributed by atoms with Gasteiger partial charge < -0.3 is 24.9 Å². The third-order valence-electron chi connectivity index (χ3n) is 6.12. The molecule has 0 spiro atoms. The zero-order valence-electron chi connectivity index (χ0n) is 21.9. The summed E-state index contributed by atoms with van der Waals surface area (Å²) < 4.78 is 12.6. The Bertz CT molecular complexity index is 886. The first-order valence-electron chi connectivity index (χ1n) is 13.6. The number of aromatic nitrogens is 4. The number of anilines is 1. The van der Waals surface area contributed by atoms with Crippen LogP contribution in [0.4, 0.5) is 5.95 Å². The molecule has 0 aliphatic rings. The van der Waals surface area contributed by atoms with E-state index in [1.54, 1.807) is 17.1 Å². The number of hydrogen-bond donors (Lipinski definition) is 2. The second-order valence-corrected chi connectivity index (χ2v) is 9.27. The fourth-order valence-electron chi connectivity index (χ4n) is 3.90. The molecule has 0 saturated heterocycles. The molecular weight excluding hydrogens is 458 g/mol. The second kappa shape index (κ2) is 18.7. The van der Waals surface area contributed by atoms with Crippen LogP contribution in [0.25, 0.3) is 11.2 Å². The lowest BCUT2D eigenvalue weighted by molar-refractivity contribution is -0.150. The van der Waals surface area contributed by atoms with Crippen LogP contribution in [-0.2, 0) is 21.0 Å². The summed E-state index contributed by atoms with van der Waals surface area (Å²) in [5.74, 6) is -0.105. The maximum Gasteiger partial charge on any atom is 0.305 e. The van der Waals surface area contributed by atoms with Crippen LogP contribution in [0.15, 0.2) is 24.7 Å². The molecule has 0 aromatic carbocycles. The summed E-state index contributed by atoms with van der Waals surface area (Å²) >= 11 is 0. The topological polar surface area (TPSA) is 125 Å². The molecule has 202 valence electrons. The molecule has 1 atom stereocenters. The van der Waals surface area contributed by atoms with Crippen molar-refractivity contribution in [1.29, 1.82) is 0 Å². The summed E-state index contributed by atoms with van der Waals surface area (Å²) in [6, 6.07) is 0. The predicted octanol–water partition coefficient (Wildman–Crippen LogP) is 5.32. The minimum atomic E-state index is -0.616. The SMILES string of the molecule is CCCCCCCC/C=C\CCCCCCCC(=O)OCC(CO)OCn1cnc2nc(N)ncc21. The summed E-state index contributed by atoms with van der Waals surface area (Å²) in [7, 11) is 0. The third-order valence-corrected chi connectivity index (χ3v) is 6.12. The zero-order chi connectivity index (χ0) is 25.8. The van der Waals surface area contributed by atoms with E-state index in [0.717, 1.165) is 25.7 Å². The Hall–Kier alpha value is -2.52. The molecule has 3 N–H and O–H groups in total. The van der Waals surface area contributed by atoms with E-state index in [1.807, 2.05) is 0 Å². The smallest absolute Gasteiger partial charge is 0.305 e. The normalized spacial score (nSPS) is 12.5. The lowest BCUT2D eigenvalue weighted by atomic mass is 10.1. The van der Waals surface area contributed by atoms with Crippen molar-refractivity contribution in [1.82, 2.24) is 19.5 Å². The molecule has 9 nitrogen and oxygen atoms in total. The maximum absolute atomic E-state index is 12.0. The van der Waals surface area contributed by atoms with Gasteiger partial charge in [0.05, 0.1) is 19.1 Å². The van der Waals surface area contributed by atoms with Crippen LogP contribution in [0.2, 0.25) is 0 Å². The number of allylic oxidation sites excluding steroid dienone is 2. The highest BCUT2D eigenvalue weighted by Gasteiger charge is 2.13. The number of carbonyl (C=O) groups is 1. The van der Waals surface area contributed by atoms with Crippen molar-refractivity contribution < 1.29 is 19.4 Å². The summed E-state index contributed by atoms with van der Waals surface area (Å²) in [6.07, 6.45) is 23.4. The first-order chi connectivity index (χ1) is 17.6. The average molecular weight is 504 g/mol. The largest absolute Gasteiger partial charge is 0.463 e. The van der Waals surface area contributed by atoms with Gasteiger partial charge in [-0.2, -0.15) is 4.98 Å². The Morgan fingerprint density at radius 1 is 1.03 bits per heavy atom. The maximum atomic E-state index is 12.0. The van der Waals surface area contributed by atoms with E-state index < -0.39 is 6.10 Å². The minimum Gasteiger partial charge on any atom is -0.463 e. The Balaban J connectivity index is 1.45. The molecule has 2 aromatic heterocycles. The minimum absolute atomic E-state index is 0.0104. The number of nitrogens with zero attached hydrogens (tertiary/aromatic N) is 4. The number of carbonyl (C=O) groups excluding carboxylic acids is 1. The highest BCUT2D eigenvalue weighted by molar-refractivity contribution is 5.70. The van der Waals surface area contributed by atoms with E-state index in [1.165, 1.54) is 57.8 Å². The predicted molar refractivity (Wildman–Crippen MR) is 142 cm³/mol. The average Bonchev–Trinajstić information content (AvgIpc) is 3.28. The van der Waals surface area contributed by atoms with Gasteiger partial charge >= 0.3 is 5.97 Å². The highest BCUT2D eigenvalue weighted by Crippen LogP contribution is 2.12. The molecule has 0 amide bonds. The van der Waals surface area contributed by atoms with Crippen molar-refractivity contribution in [2.45, 2.75) is 110 Å². The third kappa shape index (κ3) is 12.4. The summed E-state index contributed by atoms with van der Waals surface area (Å²) in [4.78, 5) is 24.2. The van der Waals surface area contributed by atoms with Crippen LogP contribution in [0, 0.1) is 0 Å². The van der Waals surface area contributed by atoms with Crippen molar-refractivity contribution in [3.63, 3.8) is 0 Å². The second-order valence-electron chi connectivity index (χ2n) is 9.27. The van der Waals surface area contributed by atoms with E-state index in [0.29, 0.717) is 17.6 Å². The zero-order valence-corrected chi connectivity index (χ0v) is 21.9. The van der Waals surface area contributed by atoms with E-state index in [4.69, 9.17) is 15.2 Å². The van der Waals surface area contributed by atoms with Gasteiger partial charge in [0.15, 0.2) is 5.65 Å². The van der Waals surface area contributed by atoms with Gasteiger partial charge in [-0.05, 0) is 32.1 Å². The van der Waals surface area contributed by atoms with Gasteiger partial charge in [0.2, 0.25) is 5.95 Å². The van der Waals surface area contributed by atoms with Gasteiger partial charge in [0, 0.05) is 6.42 Å². The molecule has 0 bridgehead atoms. The van der Waals surface area contributed by atoms with Gasteiger partial charge in [-0.15, -0.1) is 0 Å². The Labute approximate surface area is 215 Å². The van der Waals surface area contributed by atoms with Crippen molar-refractivity contribution in [2.24, 2.45) is 0 Å². The molecule has 1 unspecified atom stereocenters. The van der Waals surface area contributed by atoms with Crippen molar-refractivity contribution in [3.8, 4) is 0 Å². The molecule has 2 heterocycles. The van der Waals surface area contributed by atoms with Gasteiger partial charge in [0.1, 0.15) is 25.0 Å². The lowest BCUT2D eigenvalue weighted by Crippen LogP contribution is -2.26. The summed E-state index contributed by atoms with van der Waals surface area (Å²) in [5, 5.41) is 9.55. The van der Waals surface area contributed by atoms with Gasteiger partial charge in [-0.1, -0.05) is 70.4 Å². The Kier molecular flexibility index (Phi) is 15.4. The van der Waals surface area contributed by atoms with E-state index in [2.05, 4.69) is 34.0 Å².